The number of aromatic nitrogens is 4. The van der Waals surface area contributed by atoms with Crippen LogP contribution in [0.3, 0.4) is 0 Å². The number of nitrogens with zero attached hydrogens (tertiary/aromatic N) is 6. The molecule has 0 aliphatic carbocycles. The minimum Gasteiger partial charge on any atom is -0.453 e. The van der Waals surface area contributed by atoms with Crippen molar-refractivity contribution in [3.05, 3.63) is 53.5 Å². The summed E-state index contributed by atoms with van der Waals surface area (Å²) in [6.45, 7) is 4.24. The van der Waals surface area contributed by atoms with E-state index < -0.39 is 0 Å². The first kappa shape index (κ1) is 20.5. The number of hydrogen-bond acceptors (Lipinski definition) is 7. The molecule has 2 heterocycles. The average molecular weight is 408 g/mol. The summed E-state index contributed by atoms with van der Waals surface area (Å²) < 4.78 is 5.99. The molecule has 0 saturated carbocycles. The molecule has 0 spiro atoms. The van der Waals surface area contributed by atoms with Crippen LogP contribution in [-0.4, -0.2) is 38.6 Å². The van der Waals surface area contributed by atoms with Crippen LogP contribution in [0.1, 0.15) is 37.4 Å². The molecule has 1 unspecified atom stereocenters. The van der Waals surface area contributed by atoms with E-state index in [9.17, 15) is 0 Å². The van der Waals surface area contributed by atoms with Crippen LogP contribution in [0.25, 0.3) is 11.3 Å². The Bertz CT molecular complexity index is 1030. The average Bonchev–Trinajstić information content (AvgIpc) is 3.46. The van der Waals surface area contributed by atoms with Gasteiger partial charge < -0.3 is 4.42 Å². The fraction of sp³-hybridized carbons (Fsp3) is 0.300. The molecule has 0 bridgehead atoms. The third-order valence-corrected chi connectivity index (χ3v) is 5.52. The van der Waals surface area contributed by atoms with Gasteiger partial charge in [0.25, 0.3) is 0 Å². The molecule has 0 amide bonds. The van der Waals surface area contributed by atoms with Gasteiger partial charge in [-0.25, -0.2) is 4.99 Å². The van der Waals surface area contributed by atoms with Gasteiger partial charge in [-0.05, 0) is 42.8 Å². The maximum Gasteiger partial charge on any atom is 0.191 e. The van der Waals surface area contributed by atoms with Gasteiger partial charge in [-0.15, -0.1) is 22.0 Å². The Balaban J connectivity index is 1.82. The molecule has 0 radical (unpaired) electrons. The highest BCUT2D eigenvalue weighted by molar-refractivity contribution is 8.13. The van der Waals surface area contributed by atoms with E-state index in [0.29, 0.717) is 34.5 Å². The number of rotatable bonds is 6. The van der Waals surface area contributed by atoms with Gasteiger partial charge >= 0.3 is 0 Å². The molecule has 8 nitrogen and oxygen atoms in total. The number of amidine groups is 1. The van der Waals surface area contributed by atoms with Crippen LogP contribution in [0.4, 0.5) is 0 Å². The molecule has 29 heavy (non-hydrogen) atoms. The summed E-state index contributed by atoms with van der Waals surface area (Å²) in [5.74, 6) is 3.28. The molecular weight excluding hydrogens is 386 g/mol. The fourth-order valence-corrected chi connectivity index (χ4v) is 3.48. The normalized spacial score (nSPS) is 13.3. The summed E-state index contributed by atoms with van der Waals surface area (Å²) in [5, 5.41) is 23.9. The first-order chi connectivity index (χ1) is 14.1. The molecule has 0 aliphatic rings. The molecule has 1 atom stereocenters. The van der Waals surface area contributed by atoms with E-state index in [2.05, 4.69) is 45.5 Å². The zero-order chi connectivity index (χ0) is 20.6. The molecule has 1 N–H and O–H groups in total. The fourth-order valence-electron chi connectivity index (χ4n) is 2.48. The van der Waals surface area contributed by atoms with Crippen molar-refractivity contribution in [3.63, 3.8) is 0 Å². The summed E-state index contributed by atoms with van der Waals surface area (Å²) in [4.78, 5) is 9.10. The third kappa shape index (κ3) is 5.18. The van der Waals surface area contributed by atoms with Crippen molar-refractivity contribution in [2.24, 2.45) is 15.9 Å². The number of hydrogen-bond donors (Lipinski definition) is 1. The van der Waals surface area contributed by atoms with Gasteiger partial charge in [0.2, 0.25) is 0 Å². The zero-order valence-electron chi connectivity index (χ0n) is 16.5. The van der Waals surface area contributed by atoms with Crippen LogP contribution < -0.4 is 0 Å². The number of H-pyrrole nitrogens is 1. The van der Waals surface area contributed by atoms with Gasteiger partial charge in [0.15, 0.2) is 17.4 Å². The van der Waals surface area contributed by atoms with Gasteiger partial charge in [0.05, 0.1) is 22.4 Å². The highest BCUT2D eigenvalue weighted by Gasteiger charge is 2.16. The van der Waals surface area contributed by atoms with Crippen LogP contribution in [0.5, 0.6) is 0 Å². The van der Waals surface area contributed by atoms with E-state index in [-0.39, 0.29) is 5.92 Å². The largest absolute Gasteiger partial charge is 0.453 e. The Labute approximate surface area is 173 Å². The Morgan fingerprint density at radius 1 is 1.28 bits per heavy atom. The molecule has 2 aromatic heterocycles. The predicted octanol–water partition coefficient (Wildman–Crippen LogP) is 4.09. The highest BCUT2D eigenvalue weighted by atomic mass is 32.2. The van der Waals surface area contributed by atoms with E-state index in [1.54, 1.807) is 30.9 Å². The van der Waals surface area contributed by atoms with Gasteiger partial charge in [-0.1, -0.05) is 19.1 Å². The van der Waals surface area contributed by atoms with Crippen LogP contribution >= 0.6 is 11.8 Å². The lowest BCUT2D eigenvalue weighted by molar-refractivity contribution is 0.571. The molecule has 0 aliphatic heterocycles. The number of thioether (sulfide) groups is 1. The number of aliphatic imine (C=N–C) groups is 2. The van der Waals surface area contributed by atoms with Crippen LogP contribution in [0.15, 0.2) is 50.8 Å². The van der Waals surface area contributed by atoms with E-state index in [4.69, 9.17) is 14.7 Å². The molecular formula is C20H21N7OS. The van der Waals surface area contributed by atoms with Gasteiger partial charge in [0.1, 0.15) is 5.76 Å². The number of nitrogens with one attached hydrogen (secondary N) is 1. The number of furan rings is 1. The second-order valence-electron chi connectivity index (χ2n) is 6.28. The number of benzene rings is 1. The summed E-state index contributed by atoms with van der Waals surface area (Å²) in [7, 11) is 1.70. The first-order valence-corrected chi connectivity index (χ1v) is 10.1. The number of aromatic amines is 1. The third-order valence-electron chi connectivity index (χ3n) is 4.33. The lowest BCUT2D eigenvalue weighted by Crippen LogP contribution is -2.10. The zero-order valence-corrected chi connectivity index (χ0v) is 17.3. The minimum atomic E-state index is 0.261. The molecule has 0 fully saturated rings. The summed E-state index contributed by atoms with van der Waals surface area (Å²) >= 11 is 1.57. The van der Waals surface area contributed by atoms with Crippen LogP contribution in [0.2, 0.25) is 0 Å². The molecule has 1 aromatic carbocycles. The van der Waals surface area contributed by atoms with Crippen molar-refractivity contribution in [1.82, 2.24) is 20.6 Å². The molecule has 3 rings (SSSR count). The van der Waals surface area contributed by atoms with Crippen molar-refractivity contribution >= 4 is 22.6 Å². The van der Waals surface area contributed by atoms with Crippen LogP contribution in [-0.2, 0) is 5.75 Å². The molecule has 148 valence electrons. The Morgan fingerprint density at radius 2 is 2.07 bits per heavy atom. The van der Waals surface area contributed by atoms with Crippen LogP contribution in [0, 0.1) is 17.2 Å². The maximum absolute atomic E-state index is 8.94. The van der Waals surface area contributed by atoms with Crippen molar-refractivity contribution in [2.45, 2.75) is 26.0 Å². The van der Waals surface area contributed by atoms with Gasteiger partial charge in [0, 0.05) is 18.5 Å². The lowest BCUT2D eigenvalue weighted by Gasteiger charge is -2.11. The smallest absolute Gasteiger partial charge is 0.191 e. The van der Waals surface area contributed by atoms with Crippen molar-refractivity contribution in [3.8, 4) is 17.4 Å². The number of nitriles is 1. The Hall–Kier alpha value is -3.25. The van der Waals surface area contributed by atoms with Gasteiger partial charge in [-0.2, -0.15) is 10.5 Å². The Kier molecular flexibility index (Phi) is 6.92. The SMILES string of the molecule is CCC(C)C(=NC(=NC)c1ccc(-c2ccc(C#N)cc2)o1)SCc1nn[nH]n1. The highest BCUT2D eigenvalue weighted by Crippen LogP contribution is 2.25. The summed E-state index contributed by atoms with van der Waals surface area (Å²) in [6, 6.07) is 13.1. The van der Waals surface area contributed by atoms with Crippen molar-refractivity contribution in [1.29, 1.82) is 5.26 Å². The Morgan fingerprint density at radius 3 is 2.69 bits per heavy atom. The summed E-state index contributed by atoms with van der Waals surface area (Å²) in [5.41, 5.74) is 1.50. The maximum atomic E-state index is 8.94. The summed E-state index contributed by atoms with van der Waals surface area (Å²) in [6.07, 6.45) is 0.948. The number of tetrazole rings is 1. The predicted molar refractivity (Wildman–Crippen MR) is 114 cm³/mol. The molecule has 3 aromatic rings. The molecule has 9 heteroatoms. The monoisotopic (exact) mass is 407 g/mol. The second kappa shape index (κ2) is 9.80. The topological polar surface area (TPSA) is 116 Å². The van der Waals surface area contributed by atoms with E-state index in [1.165, 1.54) is 0 Å². The first-order valence-electron chi connectivity index (χ1n) is 9.15. The molecule has 0 saturated heterocycles. The second-order valence-corrected chi connectivity index (χ2v) is 7.27. The lowest BCUT2D eigenvalue weighted by atomic mass is 10.1. The minimum absolute atomic E-state index is 0.261. The standard InChI is InChI=1S/C20H21N7OS/c1-4-13(2)20(29-12-18-24-26-27-25-18)23-19(22-3)17-10-9-16(28-17)15-7-5-14(11-21)6-8-15/h5-10,13H,4,12H2,1-3H3,(H,24,25,26,27). The van der Waals surface area contributed by atoms with E-state index >= 15 is 0 Å². The van der Waals surface area contributed by atoms with Crippen molar-refractivity contribution < 1.29 is 4.42 Å². The van der Waals surface area contributed by atoms with Crippen molar-refractivity contribution in [2.75, 3.05) is 7.05 Å². The van der Waals surface area contributed by atoms with E-state index in [1.807, 2.05) is 24.3 Å². The van der Waals surface area contributed by atoms with Gasteiger partial charge in [-0.3, -0.25) is 4.99 Å². The van der Waals surface area contributed by atoms with E-state index in [0.717, 1.165) is 17.0 Å². The quantitative estimate of drug-likeness (QED) is 0.486.